The Hall–Kier alpha value is -2.04. The van der Waals surface area contributed by atoms with E-state index >= 15 is 0 Å². The minimum absolute atomic E-state index is 0.329. The molecular formula is C14H19NO4. The molecule has 1 rings (SSSR count). The van der Waals surface area contributed by atoms with Crippen LogP contribution in [-0.4, -0.2) is 42.6 Å². The molecule has 0 fully saturated rings. The van der Waals surface area contributed by atoms with Crippen molar-refractivity contribution in [1.82, 2.24) is 4.90 Å². The van der Waals surface area contributed by atoms with E-state index in [4.69, 9.17) is 9.84 Å². The number of benzene rings is 1. The smallest absolute Gasteiger partial charge is 0.323 e. The van der Waals surface area contributed by atoms with Crippen LogP contribution >= 0.6 is 0 Å². The van der Waals surface area contributed by atoms with Gasteiger partial charge in [-0.1, -0.05) is 19.9 Å². The van der Waals surface area contributed by atoms with Gasteiger partial charge in [0, 0.05) is 7.05 Å². The van der Waals surface area contributed by atoms with Crippen LogP contribution < -0.4 is 4.74 Å². The summed E-state index contributed by atoms with van der Waals surface area (Å²) < 4.78 is 5.22. The summed E-state index contributed by atoms with van der Waals surface area (Å²) in [6.45, 7) is 3.76. The third-order valence-electron chi connectivity index (χ3n) is 2.84. The second-order valence-corrected chi connectivity index (χ2v) is 4.67. The molecule has 5 heteroatoms. The fourth-order valence-corrected chi connectivity index (χ4v) is 1.72. The van der Waals surface area contributed by atoms with Crippen molar-refractivity contribution in [2.75, 3.05) is 20.7 Å². The van der Waals surface area contributed by atoms with Crippen LogP contribution in [0.25, 0.3) is 0 Å². The van der Waals surface area contributed by atoms with E-state index in [9.17, 15) is 9.59 Å². The zero-order valence-corrected chi connectivity index (χ0v) is 11.6. The highest BCUT2D eigenvalue weighted by Crippen LogP contribution is 2.25. The van der Waals surface area contributed by atoms with E-state index in [1.165, 1.54) is 14.2 Å². The van der Waals surface area contributed by atoms with Crippen LogP contribution in [0.15, 0.2) is 18.2 Å². The number of likely N-dealkylation sites (N-methyl/N-ethyl adjacent to an activating group) is 1. The fraction of sp³-hybridized carbons (Fsp3) is 0.429. The first-order valence-corrected chi connectivity index (χ1v) is 6.02. The van der Waals surface area contributed by atoms with Crippen molar-refractivity contribution >= 4 is 11.9 Å². The van der Waals surface area contributed by atoms with Crippen LogP contribution in [0.3, 0.4) is 0 Å². The molecule has 0 aliphatic heterocycles. The molecule has 0 heterocycles. The molecule has 1 aromatic carbocycles. The van der Waals surface area contributed by atoms with E-state index in [1.54, 1.807) is 6.07 Å². The highest BCUT2D eigenvalue weighted by molar-refractivity contribution is 5.98. The van der Waals surface area contributed by atoms with Crippen molar-refractivity contribution in [1.29, 1.82) is 0 Å². The van der Waals surface area contributed by atoms with Gasteiger partial charge in [0.1, 0.15) is 12.3 Å². The van der Waals surface area contributed by atoms with Crippen LogP contribution in [-0.2, 0) is 4.79 Å². The number of amides is 1. The van der Waals surface area contributed by atoms with Gasteiger partial charge in [-0.3, -0.25) is 9.59 Å². The molecule has 0 atom stereocenters. The molecule has 0 spiro atoms. The second-order valence-electron chi connectivity index (χ2n) is 4.67. The van der Waals surface area contributed by atoms with E-state index in [2.05, 4.69) is 0 Å². The molecule has 1 amide bonds. The van der Waals surface area contributed by atoms with Crippen LogP contribution in [0.1, 0.15) is 35.7 Å². The average molecular weight is 265 g/mol. The van der Waals surface area contributed by atoms with E-state index in [1.807, 2.05) is 26.0 Å². The predicted molar refractivity (Wildman–Crippen MR) is 71.7 cm³/mol. The molecule has 0 radical (unpaired) electrons. The predicted octanol–water partition coefficient (Wildman–Crippen LogP) is 1.98. The topological polar surface area (TPSA) is 66.8 Å². The Balaban J connectivity index is 3.06. The molecule has 0 aliphatic rings. The number of ether oxygens (including phenoxy) is 1. The Morgan fingerprint density at radius 2 is 2.00 bits per heavy atom. The Morgan fingerprint density at radius 1 is 1.37 bits per heavy atom. The maximum absolute atomic E-state index is 12.1. The number of aliphatic carboxylic acids is 1. The highest BCUT2D eigenvalue weighted by atomic mass is 16.5. The number of nitrogens with zero attached hydrogens (tertiary/aromatic N) is 1. The van der Waals surface area contributed by atoms with Crippen molar-refractivity contribution in [3.05, 3.63) is 29.3 Å². The van der Waals surface area contributed by atoms with Crippen LogP contribution in [0.4, 0.5) is 0 Å². The number of hydrogen-bond acceptors (Lipinski definition) is 3. The Kier molecular flexibility index (Phi) is 4.92. The van der Waals surface area contributed by atoms with Gasteiger partial charge < -0.3 is 14.7 Å². The lowest BCUT2D eigenvalue weighted by atomic mass is 10.0. The van der Waals surface area contributed by atoms with Gasteiger partial charge in [-0.2, -0.15) is 0 Å². The van der Waals surface area contributed by atoms with Gasteiger partial charge >= 0.3 is 5.97 Å². The SMILES string of the molecule is COc1cc(C(C)C)ccc1C(=O)N(C)CC(=O)O. The highest BCUT2D eigenvalue weighted by Gasteiger charge is 2.19. The summed E-state index contributed by atoms with van der Waals surface area (Å²) in [6, 6.07) is 5.34. The zero-order chi connectivity index (χ0) is 14.6. The average Bonchev–Trinajstić information content (AvgIpc) is 2.36. The summed E-state index contributed by atoms with van der Waals surface area (Å²) in [5.74, 6) is -0.619. The number of carboxylic acid groups (broad SMARTS) is 1. The summed E-state index contributed by atoms with van der Waals surface area (Å²) in [4.78, 5) is 23.9. The Labute approximate surface area is 112 Å². The van der Waals surface area contributed by atoms with Gasteiger partial charge in [-0.15, -0.1) is 0 Å². The third kappa shape index (κ3) is 3.71. The summed E-state index contributed by atoms with van der Waals surface area (Å²) in [6.07, 6.45) is 0. The molecule has 0 aliphatic carbocycles. The van der Waals surface area contributed by atoms with Gasteiger partial charge in [-0.05, 0) is 23.6 Å². The summed E-state index contributed by atoms with van der Waals surface area (Å²) >= 11 is 0. The number of carbonyl (C=O) groups excluding carboxylic acids is 1. The Morgan fingerprint density at radius 3 is 2.47 bits per heavy atom. The van der Waals surface area contributed by atoms with Gasteiger partial charge in [0.15, 0.2) is 0 Å². The van der Waals surface area contributed by atoms with Crippen molar-refractivity contribution in [2.45, 2.75) is 19.8 Å². The summed E-state index contributed by atoms with van der Waals surface area (Å²) in [5.41, 5.74) is 1.44. The molecule has 0 aromatic heterocycles. The number of carbonyl (C=O) groups is 2. The first kappa shape index (κ1) is 15.0. The molecular weight excluding hydrogens is 246 g/mol. The number of methoxy groups -OCH3 is 1. The first-order chi connectivity index (χ1) is 8.86. The van der Waals surface area contributed by atoms with E-state index < -0.39 is 5.97 Å². The molecule has 0 unspecified atom stereocenters. The molecule has 0 saturated carbocycles. The monoisotopic (exact) mass is 265 g/mol. The maximum Gasteiger partial charge on any atom is 0.323 e. The molecule has 104 valence electrons. The van der Waals surface area contributed by atoms with Gasteiger partial charge in [0.05, 0.1) is 12.7 Å². The quantitative estimate of drug-likeness (QED) is 0.884. The number of hydrogen-bond donors (Lipinski definition) is 1. The van der Waals surface area contributed by atoms with E-state index in [0.29, 0.717) is 17.2 Å². The first-order valence-electron chi connectivity index (χ1n) is 6.02. The molecule has 5 nitrogen and oxygen atoms in total. The standard InChI is InChI=1S/C14H19NO4/c1-9(2)10-5-6-11(12(7-10)19-4)14(18)15(3)8-13(16)17/h5-7,9H,8H2,1-4H3,(H,16,17). The summed E-state index contributed by atoms with van der Waals surface area (Å²) in [5, 5.41) is 8.70. The second kappa shape index (κ2) is 6.22. The molecule has 0 saturated heterocycles. The molecule has 19 heavy (non-hydrogen) atoms. The largest absolute Gasteiger partial charge is 0.496 e. The van der Waals surface area contributed by atoms with Crippen molar-refractivity contribution < 1.29 is 19.4 Å². The van der Waals surface area contributed by atoms with E-state index in [0.717, 1.165) is 10.5 Å². The lowest BCUT2D eigenvalue weighted by Crippen LogP contribution is -2.32. The minimum Gasteiger partial charge on any atom is -0.496 e. The Bertz CT molecular complexity index is 482. The number of rotatable bonds is 5. The van der Waals surface area contributed by atoms with Crippen molar-refractivity contribution in [3.63, 3.8) is 0 Å². The molecule has 0 bridgehead atoms. The molecule has 1 N–H and O–H groups in total. The fourth-order valence-electron chi connectivity index (χ4n) is 1.72. The van der Waals surface area contributed by atoms with E-state index in [-0.39, 0.29) is 12.5 Å². The lowest BCUT2D eigenvalue weighted by molar-refractivity contribution is -0.137. The minimum atomic E-state index is -1.05. The summed E-state index contributed by atoms with van der Waals surface area (Å²) in [7, 11) is 2.94. The molecule has 1 aromatic rings. The maximum atomic E-state index is 12.1. The van der Waals surface area contributed by atoms with Gasteiger partial charge in [0.25, 0.3) is 5.91 Å². The van der Waals surface area contributed by atoms with Crippen molar-refractivity contribution in [3.8, 4) is 5.75 Å². The van der Waals surface area contributed by atoms with Gasteiger partial charge in [-0.25, -0.2) is 0 Å². The lowest BCUT2D eigenvalue weighted by Gasteiger charge is -2.17. The third-order valence-corrected chi connectivity index (χ3v) is 2.84. The zero-order valence-electron chi connectivity index (χ0n) is 11.6. The van der Waals surface area contributed by atoms with Crippen LogP contribution in [0, 0.1) is 0 Å². The number of carboxylic acids is 1. The normalized spacial score (nSPS) is 10.4. The van der Waals surface area contributed by atoms with Crippen molar-refractivity contribution in [2.24, 2.45) is 0 Å². The van der Waals surface area contributed by atoms with Gasteiger partial charge in [0.2, 0.25) is 0 Å². The van der Waals surface area contributed by atoms with Crippen LogP contribution in [0.2, 0.25) is 0 Å². The van der Waals surface area contributed by atoms with Crippen LogP contribution in [0.5, 0.6) is 5.75 Å².